The van der Waals surface area contributed by atoms with E-state index in [4.69, 9.17) is 9.47 Å². The molecule has 0 saturated heterocycles. The number of hydrogen-bond acceptors (Lipinski definition) is 6. The van der Waals surface area contributed by atoms with Crippen molar-refractivity contribution in [1.29, 1.82) is 21.0 Å². The predicted molar refractivity (Wildman–Crippen MR) is 136 cm³/mol. The first-order valence-electron chi connectivity index (χ1n) is 11.6. The Balaban J connectivity index is 2.08. The average molecular weight is 574 g/mol. The first kappa shape index (κ1) is 29.0. The van der Waals surface area contributed by atoms with E-state index >= 15 is 0 Å². The lowest BCUT2D eigenvalue weighted by Gasteiger charge is -2.16. The fraction of sp³-hybridized carbons (Fsp3) is 0.0667. The minimum Gasteiger partial charge on any atom is -0.456 e. The van der Waals surface area contributed by atoms with E-state index in [1.807, 2.05) is 0 Å². The molecule has 0 bridgehead atoms. The van der Waals surface area contributed by atoms with Crippen LogP contribution in [0.2, 0.25) is 0 Å². The standard InChI is InChI=1S/C30H12F6N4O2/c31-29(32,33)19-3-1-5-21(11-19)41-27-23(17(13-37)14-38)7-10-26-25(27)9-8-24(18(15-39)16-40)28(26)42-22-6-2-4-20(12-22)30(34,35)36/h1-12H. The van der Waals surface area contributed by atoms with Gasteiger partial charge in [-0.3, -0.25) is 0 Å². The van der Waals surface area contributed by atoms with E-state index in [-0.39, 0.29) is 44.2 Å². The maximum atomic E-state index is 13.3. The summed E-state index contributed by atoms with van der Waals surface area (Å²) >= 11 is 0. The Morgan fingerprint density at radius 2 is 0.881 bits per heavy atom. The van der Waals surface area contributed by atoms with Crippen molar-refractivity contribution >= 4 is 21.9 Å². The van der Waals surface area contributed by atoms with Gasteiger partial charge in [0.1, 0.15) is 58.4 Å². The van der Waals surface area contributed by atoms with Gasteiger partial charge in [0.05, 0.1) is 11.1 Å². The van der Waals surface area contributed by atoms with Gasteiger partial charge in [-0.15, -0.1) is 0 Å². The smallest absolute Gasteiger partial charge is 0.416 e. The average Bonchev–Trinajstić information content (AvgIpc) is 2.95. The van der Waals surface area contributed by atoms with Crippen LogP contribution in [0.5, 0.6) is 23.0 Å². The fourth-order valence-corrected chi connectivity index (χ4v) is 3.96. The topological polar surface area (TPSA) is 114 Å². The van der Waals surface area contributed by atoms with Crippen molar-refractivity contribution in [2.45, 2.75) is 12.4 Å². The molecular formula is C30H12F6N4O2. The lowest BCUT2D eigenvalue weighted by Crippen LogP contribution is -2.13. The predicted octanol–water partition coefficient (Wildman–Crippen LogP) is 6.86. The summed E-state index contributed by atoms with van der Waals surface area (Å²) in [4.78, 5) is 0. The van der Waals surface area contributed by atoms with Crippen molar-refractivity contribution in [2.75, 3.05) is 0 Å². The summed E-state index contributed by atoms with van der Waals surface area (Å²) in [6, 6.07) is 19.5. The van der Waals surface area contributed by atoms with Crippen LogP contribution in [-0.2, 0) is 12.4 Å². The molecule has 0 saturated carbocycles. The third-order valence-electron chi connectivity index (χ3n) is 5.85. The zero-order valence-corrected chi connectivity index (χ0v) is 20.8. The van der Waals surface area contributed by atoms with Crippen molar-refractivity contribution in [3.05, 3.63) is 94.4 Å². The van der Waals surface area contributed by atoms with Gasteiger partial charge >= 0.3 is 12.4 Å². The van der Waals surface area contributed by atoms with E-state index in [0.717, 1.165) is 24.3 Å². The number of hydrogen-bond donors (Lipinski definition) is 0. The first-order chi connectivity index (χ1) is 19.9. The third-order valence-corrected chi connectivity index (χ3v) is 5.85. The van der Waals surface area contributed by atoms with Crippen LogP contribution in [0.15, 0.2) is 72.8 Å². The fourth-order valence-electron chi connectivity index (χ4n) is 3.96. The number of nitrogens with zero attached hydrogens (tertiary/aromatic N) is 4. The number of nitriles is 4. The Bertz CT molecular complexity index is 1840. The van der Waals surface area contributed by atoms with E-state index in [0.29, 0.717) is 12.1 Å². The molecule has 4 rings (SSSR count). The van der Waals surface area contributed by atoms with Gasteiger partial charge in [-0.05, 0) is 60.7 Å². The summed E-state index contributed by atoms with van der Waals surface area (Å²) in [5, 5.41) is 37.9. The molecule has 6 nitrogen and oxygen atoms in total. The molecule has 0 spiro atoms. The minimum absolute atomic E-state index is 0.0499. The van der Waals surface area contributed by atoms with Crippen LogP contribution < -0.4 is 19.9 Å². The molecule has 0 heterocycles. The maximum Gasteiger partial charge on any atom is 0.416 e. The second-order valence-electron chi connectivity index (χ2n) is 8.43. The second-order valence-corrected chi connectivity index (χ2v) is 8.43. The van der Waals surface area contributed by atoms with Crippen LogP contribution in [0.4, 0.5) is 26.3 Å². The molecule has 0 N–H and O–H groups in total. The molecule has 0 aliphatic carbocycles. The van der Waals surface area contributed by atoms with Crippen molar-refractivity contribution in [2.24, 2.45) is 0 Å². The SMILES string of the molecule is N#CC(C#N)=c1ccc2c(Oc3cccc(C(F)(F)F)c3)c(=C(C#N)C#N)ccc2c1Oc1cccc(C(F)(F)F)c1. The van der Waals surface area contributed by atoms with Crippen LogP contribution in [0.1, 0.15) is 11.1 Å². The largest absolute Gasteiger partial charge is 0.456 e. The Kier molecular flexibility index (Phi) is 7.77. The Morgan fingerprint density at radius 1 is 0.524 bits per heavy atom. The molecule has 0 radical (unpaired) electrons. The zero-order chi connectivity index (χ0) is 30.7. The van der Waals surface area contributed by atoms with Gasteiger partial charge in [0.25, 0.3) is 0 Å². The third kappa shape index (κ3) is 5.79. The van der Waals surface area contributed by atoms with Crippen molar-refractivity contribution < 1.29 is 35.8 Å². The van der Waals surface area contributed by atoms with Gasteiger partial charge in [-0.2, -0.15) is 47.4 Å². The van der Waals surface area contributed by atoms with E-state index in [9.17, 15) is 47.4 Å². The van der Waals surface area contributed by atoms with E-state index in [2.05, 4.69) is 0 Å². The summed E-state index contributed by atoms with van der Waals surface area (Å²) in [5.41, 5.74) is -2.98. The lowest BCUT2D eigenvalue weighted by atomic mass is 10.0. The lowest BCUT2D eigenvalue weighted by molar-refractivity contribution is -0.138. The van der Waals surface area contributed by atoms with Crippen molar-refractivity contribution in [3.8, 4) is 47.3 Å². The molecule has 4 aromatic rings. The van der Waals surface area contributed by atoms with Gasteiger partial charge in [-0.1, -0.05) is 12.1 Å². The number of ether oxygens (including phenoxy) is 2. The Labute approximate surface area is 233 Å². The molecule has 206 valence electrons. The summed E-state index contributed by atoms with van der Waals surface area (Å²) in [5.74, 6) is -1.11. The number of alkyl halides is 6. The molecule has 4 aromatic carbocycles. The highest BCUT2D eigenvalue weighted by atomic mass is 19.4. The molecular weight excluding hydrogens is 562 g/mol. The van der Waals surface area contributed by atoms with Crippen LogP contribution in [-0.4, -0.2) is 0 Å². The quantitative estimate of drug-likeness (QED) is 0.246. The van der Waals surface area contributed by atoms with Gasteiger partial charge in [0.2, 0.25) is 0 Å². The van der Waals surface area contributed by atoms with Gasteiger partial charge in [0, 0.05) is 21.2 Å². The summed E-state index contributed by atoms with van der Waals surface area (Å²) in [6.45, 7) is 0. The van der Waals surface area contributed by atoms with E-state index in [1.165, 1.54) is 36.4 Å². The van der Waals surface area contributed by atoms with E-state index in [1.54, 1.807) is 24.3 Å². The van der Waals surface area contributed by atoms with Gasteiger partial charge in [-0.25, -0.2) is 0 Å². The molecule has 0 aliphatic heterocycles. The van der Waals surface area contributed by atoms with Crippen LogP contribution >= 0.6 is 0 Å². The summed E-state index contributed by atoms with van der Waals surface area (Å²) in [6.07, 6.45) is -9.42. The van der Waals surface area contributed by atoms with Gasteiger partial charge in [0.15, 0.2) is 0 Å². The van der Waals surface area contributed by atoms with Crippen molar-refractivity contribution in [1.82, 2.24) is 0 Å². The number of benzene rings is 4. The molecule has 12 heteroatoms. The Hall–Kier alpha value is -5.98. The highest BCUT2D eigenvalue weighted by Gasteiger charge is 2.31. The maximum absolute atomic E-state index is 13.3. The number of fused-ring (bicyclic) bond motifs is 1. The number of rotatable bonds is 4. The van der Waals surface area contributed by atoms with E-state index < -0.39 is 34.6 Å². The summed E-state index contributed by atoms with van der Waals surface area (Å²) in [7, 11) is 0. The van der Waals surface area contributed by atoms with Crippen LogP contribution in [0.25, 0.3) is 21.9 Å². The highest BCUT2D eigenvalue weighted by molar-refractivity contribution is 5.96. The molecule has 0 fully saturated rings. The monoisotopic (exact) mass is 574 g/mol. The molecule has 0 unspecified atom stereocenters. The molecule has 42 heavy (non-hydrogen) atoms. The van der Waals surface area contributed by atoms with Gasteiger partial charge < -0.3 is 9.47 Å². The molecule has 0 aromatic heterocycles. The normalized spacial score (nSPS) is 11.0. The molecule has 0 amide bonds. The van der Waals surface area contributed by atoms with Crippen LogP contribution in [0, 0.1) is 45.3 Å². The number of halogens is 6. The summed E-state index contributed by atoms with van der Waals surface area (Å²) < 4.78 is 91.6. The second kappa shape index (κ2) is 11.3. The first-order valence-corrected chi connectivity index (χ1v) is 11.6. The Morgan fingerprint density at radius 3 is 1.19 bits per heavy atom. The highest BCUT2D eigenvalue weighted by Crippen LogP contribution is 2.37. The van der Waals surface area contributed by atoms with Crippen molar-refractivity contribution in [3.63, 3.8) is 0 Å². The van der Waals surface area contributed by atoms with Crippen LogP contribution in [0.3, 0.4) is 0 Å². The minimum atomic E-state index is -4.71. The molecule has 0 atom stereocenters. The molecule has 0 aliphatic rings. The zero-order valence-electron chi connectivity index (χ0n) is 20.8.